The number of nitro benzene ring substituents is 1. The molecule has 1 rings (SSSR count). The van der Waals surface area contributed by atoms with Crippen LogP contribution in [0.5, 0.6) is 0 Å². The highest BCUT2D eigenvalue weighted by Crippen LogP contribution is 2.30. The SMILES string of the molecule is CCCNC(CC)C(C)c1cc(C)ccc1[N+](=O)[O-]. The summed E-state index contributed by atoms with van der Waals surface area (Å²) in [5, 5.41) is 14.6. The van der Waals surface area contributed by atoms with Gasteiger partial charge in [-0.2, -0.15) is 0 Å². The van der Waals surface area contributed by atoms with Gasteiger partial charge in [-0.25, -0.2) is 0 Å². The lowest BCUT2D eigenvalue weighted by atomic mass is 9.89. The Morgan fingerprint density at radius 2 is 2.05 bits per heavy atom. The first-order valence-corrected chi connectivity index (χ1v) is 6.99. The second-order valence-corrected chi connectivity index (χ2v) is 5.08. The van der Waals surface area contributed by atoms with Gasteiger partial charge in [0.15, 0.2) is 0 Å². The molecule has 0 aromatic heterocycles. The van der Waals surface area contributed by atoms with Gasteiger partial charge in [-0.05, 0) is 32.4 Å². The zero-order valence-electron chi connectivity index (χ0n) is 12.3. The van der Waals surface area contributed by atoms with Crippen molar-refractivity contribution < 1.29 is 4.92 Å². The molecule has 0 fully saturated rings. The maximum atomic E-state index is 11.1. The van der Waals surface area contributed by atoms with Crippen LogP contribution in [-0.2, 0) is 0 Å². The van der Waals surface area contributed by atoms with Crippen molar-refractivity contribution in [3.63, 3.8) is 0 Å². The van der Waals surface area contributed by atoms with E-state index in [1.165, 1.54) is 0 Å². The van der Waals surface area contributed by atoms with Gasteiger partial charge in [0.05, 0.1) is 4.92 Å². The van der Waals surface area contributed by atoms with Crippen molar-refractivity contribution in [2.24, 2.45) is 0 Å². The van der Waals surface area contributed by atoms with Gasteiger partial charge in [0.2, 0.25) is 0 Å². The molecule has 2 atom stereocenters. The summed E-state index contributed by atoms with van der Waals surface area (Å²) < 4.78 is 0. The second-order valence-electron chi connectivity index (χ2n) is 5.08. The first-order valence-electron chi connectivity index (χ1n) is 6.99. The summed E-state index contributed by atoms with van der Waals surface area (Å²) in [6.45, 7) is 9.23. The molecule has 4 heteroatoms. The van der Waals surface area contributed by atoms with E-state index in [0.29, 0.717) is 0 Å². The number of hydrogen-bond donors (Lipinski definition) is 1. The monoisotopic (exact) mass is 264 g/mol. The quantitative estimate of drug-likeness (QED) is 0.602. The Morgan fingerprint density at radius 3 is 2.58 bits per heavy atom. The van der Waals surface area contributed by atoms with Crippen LogP contribution in [0.25, 0.3) is 0 Å². The number of rotatable bonds is 7. The van der Waals surface area contributed by atoms with Crippen molar-refractivity contribution in [1.82, 2.24) is 5.32 Å². The van der Waals surface area contributed by atoms with E-state index in [4.69, 9.17) is 0 Å². The van der Waals surface area contributed by atoms with Crippen LogP contribution in [-0.4, -0.2) is 17.5 Å². The van der Waals surface area contributed by atoms with E-state index in [9.17, 15) is 10.1 Å². The van der Waals surface area contributed by atoms with Gasteiger partial charge in [-0.1, -0.05) is 32.4 Å². The third-order valence-electron chi connectivity index (χ3n) is 3.57. The van der Waals surface area contributed by atoms with Crippen LogP contribution in [0.1, 0.15) is 50.7 Å². The fourth-order valence-corrected chi connectivity index (χ4v) is 2.43. The molecule has 0 heterocycles. The molecule has 0 radical (unpaired) electrons. The number of nitrogens with zero attached hydrogens (tertiary/aromatic N) is 1. The lowest BCUT2D eigenvalue weighted by molar-refractivity contribution is -0.385. The molecule has 0 saturated heterocycles. The number of nitrogens with one attached hydrogen (secondary N) is 1. The van der Waals surface area contributed by atoms with Crippen LogP contribution in [0, 0.1) is 17.0 Å². The molecule has 0 bridgehead atoms. The number of benzene rings is 1. The predicted octanol–water partition coefficient (Wildman–Crippen LogP) is 3.78. The summed E-state index contributed by atoms with van der Waals surface area (Å²) in [6, 6.07) is 5.64. The van der Waals surface area contributed by atoms with Gasteiger partial charge < -0.3 is 5.32 Å². The Morgan fingerprint density at radius 1 is 1.37 bits per heavy atom. The molecule has 0 spiro atoms. The fourth-order valence-electron chi connectivity index (χ4n) is 2.43. The van der Waals surface area contributed by atoms with Crippen molar-refractivity contribution in [3.05, 3.63) is 39.4 Å². The van der Waals surface area contributed by atoms with Crippen LogP contribution >= 0.6 is 0 Å². The zero-order valence-corrected chi connectivity index (χ0v) is 12.3. The van der Waals surface area contributed by atoms with Crippen LogP contribution in [0.2, 0.25) is 0 Å². The molecule has 0 amide bonds. The van der Waals surface area contributed by atoms with E-state index in [0.717, 1.165) is 30.5 Å². The maximum Gasteiger partial charge on any atom is 0.272 e. The molecule has 1 aromatic carbocycles. The highest BCUT2D eigenvalue weighted by molar-refractivity contribution is 5.45. The van der Waals surface area contributed by atoms with E-state index in [1.54, 1.807) is 12.1 Å². The van der Waals surface area contributed by atoms with Gasteiger partial charge in [-0.3, -0.25) is 10.1 Å². The smallest absolute Gasteiger partial charge is 0.272 e. The maximum absolute atomic E-state index is 11.1. The minimum absolute atomic E-state index is 0.136. The van der Waals surface area contributed by atoms with Crippen molar-refractivity contribution in [3.8, 4) is 0 Å². The third kappa shape index (κ3) is 4.03. The predicted molar refractivity (Wildman–Crippen MR) is 78.6 cm³/mol. The molecule has 19 heavy (non-hydrogen) atoms. The summed E-state index contributed by atoms with van der Waals surface area (Å²) in [4.78, 5) is 10.9. The Balaban J connectivity index is 3.05. The molecule has 0 aliphatic heterocycles. The first-order chi connectivity index (χ1) is 9.01. The zero-order chi connectivity index (χ0) is 14.4. The standard InChI is InChI=1S/C15H24N2O2/c1-5-9-16-14(6-2)12(4)13-10-11(3)7-8-15(13)17(18)19/h7-8,10,12,14,16H,5-6,9H2,1-4H3. The number of hydrogen-bond acceptors (Lipinski definition) is 3. The lowest BCUT2D eigenvalue weighted by Crippen LogP contribution is -2.34. The minimum Gasteiger partial charge on any atom is -0.313 e. The van der Waals surface area contributed by atoms with Crippen molar-refractivity contribution in [2.45, 2.75) is 52.5 Å². The first kappa shape index (κ1) is 15.6. The molecule has 0 saturated carbocycles. The van der Waals surface area contributed by atoms with E-state index < -0.39 is 0 Å². The highest BCUT2D eigenvalue weighted by atomic mass is 16.6. The molecule has 1 aromatic rings. The Bertz CT molecular complexity index is 432. The van der Waals surface area contributed by atoms with Crippen LogP contribution < -0.4 is 5.32 Å². The number of nitro groups is 1. The van der Waals surface area contributed by atoms with E-state index in [-0.39, 0.29) is 22.6 Å². The molecule has 1 N–H and O–H groups in total. The van der Waals surface area contributed by atoms with Crippen LogP contribution in [0.3, 0.4) is 0 Å². The van der Waals surface area contributed by atoms with Gasteiger partial charge >= 0.3 is 0 Å². The lowest BCUT2D eigenvalue weighted by Gasteiger charge is -2.24. The summed E-state index contributed by atoms with van der Waals surface area (Å²) in [7, 11) is 0. The van der Waals surface area contributed by atoms with Crippen molar-refractivity contribution >= 4 is 5.69 Å². The second kappa shape index (κ2) is 7.24. The minimum atomic E-state index is -0.280. The Kier molecular flexibility index (Phi) is 5.96. The summed E-state index contributed by atoms with van der Waals surface area (Å²) in [5.41, 5.74) is 2.13. The van der Waals surface area contributed by atoms with Crippen LogP contribution in [0.15, 0.2) is 18.2 Å². The van der Waals surface area contributed by atoms with Crippen LogP contribution in [0.4, 0.5) is 5.69 Å². The van der Waals surface area contributed by atoms with Gasteiger partial charge in [0, 0.05) is 23.6 Å². The largest absolute Gasteiger partial charge is 0.313 e. The molecule has 106 valence electrons. The Labute approximate surface area is 115 Å². The van der Waals surface area contributed by atoms with Crippen molar-refractivity contribution in [2.75, 3.05) is 6.54 Å². The average molecular weight is 264 g/mol. The molecule has 4 nitrogen and oxygen atoms in total. The van der Waals surface area contributed by atoms with Gasteiger partial charge in [0.1, 0.15) is 0 Å². The molecule has 0 aliphatic carbocycles. The van der Waals surface area contributed by atoms with E-state index in [1.807, 2.05) is 13.0 Å². The normalized spacial score (nSPS) is 14.1. The third-order valence-corrected chi connectivity index (χ3v) is 3.57. The van der Waals surface area contributed by atoms with Crippen molar-refractivity contribution in [1.29, 1.82) is 0 Å². The fraction of sp³-hybridized carbons (Fsp3) is 0.600. The van der Waals surface area contributed by atoms with Gasteiger partial charge in [-0.15, -0.1) is 0 Å². The van der Waals surface area contributed by atoms with E-state index >= 15 is 0 Å². The average Bonchev–Trinajstić information content (AvgIpc) is 2.38. The highest BCUT2D eigenvalue weighted by Gasteiger charge is 2.24. The summed E-state index contributed by atoms with van der Waals surface area (Å²) in [6.07, 6.45) is 2.03. The summed E-state index contributed by atoms with van der Waals surface area (Å²) >= 11 is 0. The molecule has 2 unspecified atom stereocenters. The molecule has 0 aliphatic rings. The molecular formula is C15H24N2O2. The number of aryl methyl sites for hydroxylation is 1. The molecular weight excluding hydrogens is 240 g/mol. The Hall–Kier alpha value is -1.42. The van der Waals surface area contributed by atoms with Gasteiger partial charge in [0.25, 0.3) is 5.69 Å². The topological polar surface area (TPSA) is 55.2 Å². The summed E-state index contributed by atoms with van der Waals surface area (Å²) in [5.74, 6) is 0.136. The van der Waals surface area contributed by atoms with E-state index in [2.05, 4.69) is 26.1 Å².